The van der Waals surface area contributed by atoms with E-state index in [1.54, 1.807) is 24.5 Å². The van der Waals surface area contributed by atoms with Gasteiger partial charge >= 0.3 is 0 Å². The number of nitrogens with zero attached hydrogens (tertiary/aromatic N) is 3. The number of oxazole rings is 1. The first kappa shape index (κ1) is 15.5. The first-order valence-electron chi connectivity index (χ1n) is 6.99. The third kappa shape index (κ3) is 3.69. The van der Waals surface area contributed by atoms with E-state index in [0.29, 0.717) is 17.2 Å². The second-order valence-electron chi connectivity index (χ2n) is 5.01. The summed E-state index contributed by atoms with van der Waals surface area (Å²) >= 11 is 1.60. The van der Waals surface area contributed by atoms with Crippen LogP contribution in [0.3, 0.4) is 0 Å². The normalized spacial score (nSPS) is 11.4. The van der Waals surface area contributed by atoms with Gasteiger partial charge in [-0.1, -0.05) is 11.3 Å². The lowest BCUT2D eigenvalue weighted by atomic mass is 10.3. The number of fused-ring (bicyclic) bond motifs is 1. The summed E-state index contributed by atoms with van der Waals surface area (Å²) in [6.07, 6.45) is 5.61. The highest BCUT2D eigenvalue weighted by Gasteiger charge is 2.06. The van der Waals surface area contributed by atoms with Gasteiger partial charge in [0, 0.05) is 44.4 Å². The van der Waals surface area contributed by atoms with Crippen molar-refractivity contribution in [3.63, 3.8) is 0 Å². The number of ether oxygens (including phenoxy) is 2. The zero-order chi connectivity index (χ0) is 16.2. The van der Waals surface area contributed by atoms with Gasteiger partial charge in [0.15, 0.2) is 17.5 Å². The number of thiazole rings is 1. The maximum atomic E-state index is 5.72. The van der Waals surface area contributed by atoms with Crippen molar-refractivity contribution in [1.29, 1.82) is 0 Å². The van der Waals surface area contributed by atoms with E-state index >= 15 is 0 Å². The smallest absolute Gasteiger partial charge is 0.220 e. The molecule has 0 aliphatic rings. The molecule has 0 spiro atoms. The predicted molar refractivity (Wildman–Crippen MR) is 91.9 cm³/mol. The largest absolute Gasteiger partial charge is 0.467 e. The average molecular weight is 331 g/mol. The fourth-order valence-corrected chi connectivity index (χ4v) is 2.67. The van der Waals surface area contributed by atoms with E-state index in [4.69, 9.17) is 13.9 Å². The predicted octanol–water partition coefficient (Wildman–Crippen LogP) is 3.50. The lowest BCUT2D eigenvalue weighted by Gasteiger charge is -2.04. The zero-order valence-electron chi connectivity index (χ0n) is 13.1. The molecule has 3 rings (SSSR count). The summed E-state index contributed by atoms with van der Waals surface area (Å²) < 4.78 is 16.0. The molecule has 120 valence electrons. The molecule has 1 aromatic carbocycles. The van der Waals surface area contributed by atoms with Crippen molar-refractivity contribution in [2.75, 3.05) is 32.9 Å². The molecule has 0 atom stereocenters. The second-order valence-corrected chi connectivity index (χ2v) is 6.05. The molecule has 2 heterocycles. The van der Waals surface area contributed by atoms with Gasteiger partial charge in [-0.25, -0.2) is 9.97 Å². The number of rotatable bonds is 6. The van der Waals surface area contributed by atoms with Crippen LogP contribution in [-0.4, -0.2) is 38.0 Å². The Kier molecular flexibility index (Phi) is 4.59. The summed E-state index contributed by atoms with van der Waals surface area (Å²) in [6.45, 7) is 0.200. The van der Waals surface area contributed by atoms with Crippen LogP contribution in [0, 0.1) is 0 Å². The number of hydrogen-bond acceptors (Lipinski definition) is 7. The fourth-order valence-electron chi connectivity index (χ4n) is 1.92. The van der Waals surface area contributed by atoms with Crippen molar-refractivity contribution < 1.29 is 13.9 Å². The number of anilines is 1. The topological polar surface area (TPSA) is 60.6 Å². The Hall–Kier alpha value is -2.38. The third-order valence-electron chi connectivity index (χ3n) is 3.00. The zero-order valence-corrected chi connectivity index (χ0v) is 14.0. The van der Waals surface area contributed by atoms with Gasteiger partial charge in [-0.2, -0.15) is 0 Å². The summed E-state index contributed by atoms with van der Waals surface area (Å²) in [4.78, 5) is 11.8. The summed E-state index contributed by atoms with van der Waals surface area (Å²) in [5.74, 6) is 1.23. The number of methoxy groups -OCH3 is 1. The van der Waals surface area contributed by atoms with Gasteiger partial charge in [-0.3, -0.25) is 0 Å². The van der Waals surface area contributed by atoms with Crippen LogP contribution in [0.5, 0.6) is 5.75 Å². The van der Waals surface area contributed by atoms with E-state index in [-0.39, 0.29) is 6.79 Å². The molecule has 2 aromatic heterocycles. The van der Waals surface area contributed by atoms with E-state index in [9.17, 15) is 0 Å². The van der Waals surface area contributed by atoms with Crippen molar-refractivity contribution in [2.45, 2.75) is 0 Å². The standard InChI is InChI=1S/C16H17N3O3S/c1-19(2)16-17-9-12(23-16)5-7-15-18-13-6-4-11(21-10-20-3)8-14(13)22-15/h4-9H,10H2,1-3H3. The molecule has 0 aliphatic carbocycles. The van der Waals surface area contributed by atoms with Crippen molar-refractivity contribution in [1.82, 2.24) is 9.97 Å². The minimum absolute atomic E-state index is 0.200. The Morgan fingerprint density at radius 1 is 1.30 bits per heavy atom. The van der Waals surface area contributed by atoms with Gasteiger partial charge in [0.1, 0.15) is 11.3 Å². The van der Waals surface area contributed by atoms with Crippen molar-refractivity contribution in [3.05, 3.63) is 35.2 Å². The van der Waals surface area contributed by atoms with Gasteiger partial charge in [0.2, 0.25) is 5.89 Å². The minimum Gasteiger partial charge on any atom is -0.467 e. The quantitative estimate of drug-likeness (QED) is 0.644. The molecule has 6 nitrogen and oxygen atoms in total. The molecule has 0 radical (unpaired) electrons. The van der Waals surface area contributed by atoms with Crippen molar-refractivity contribution in [2.24, 2.45) is 0 Å². The minimum atomic E-state index is 0.200. The molecular weight excluding hydrogens is 314 g/mol. The SMILES string of the molecule is COCOc1ccc2nc(C=Cc3cnc(N(C)C)s3)oc2c1. The Morgan fingerprint density at radius 2 is 2.17 bits per heavy atom. The molecule has 0 fully saturated rings. The van der Waals surface area contributed by atoms with Gasteiger partial charge in [-0.05, 0) is 18.2 Å². The Balaban J connectivity index is 1.78. The molecule has 0 aliphatic heterocycles. The van der Waals surface area contributed by atoms with Crippen LogP contribution < -0.4 is 9.64 Å². The lowest BCUT2D eigenvalue weighted by Crippen LogP contribution is -2.07. The summed E-state index contributed by atoms with van der Waals surface area (Å²) in [6, 6.07) is 5.50. The second kappa shape index (κ2) is 6.80. The van der Waals surface area contributed by atoms with E-state index in [1.165, 1.54) is 0 Å². The highest BCUT2D eigenvalue weighted by Crippen LogP contribution is 2.25. The molecular formula is C16H17N3O3S. The van der Waals surface area contributed by atoms with Crippen molar-refractivity contribution in [3.8, 4) is 5.75 Å². The number of benzene rings is 1. The molecule has 0 N–H and O–H groups in total. The Bertz CT molecular complexity index is 823. The number of hydrogen-bond donors (Lipinski definition) is 0. The third-order valence-corrected chi connectivity index (χ3v) is 4.13. The van der Waals surface area contributed by atoms with Crippen molar-refractivity contribution >= 4 is 39.7 Å². The molecule has 3 aromatic rings. The van der Waals surface area contributed by atoms with Crippen LogP contribution in [0.1, 0.15) is 10.8 Å². The van der Waals surface area contributed by atoms with Crippen LogP contribution >= 0.6 is 11.3 Å². The van der Waals surface area contributed by atoms with Gasteiger partial charge in [0.25, 0.3) is 0 Å². The van der Waals surface area contributed by atoms with Crippen LogP contribution in [0.15, 0.2) is 28.8 Å². The molecule has 0 saturated carbocycles. The van der Waals surface area contributed by atoms with E-state index in [2.05, 4.69) is 9.97 Å². The number of aromatic nitrogens is 2. The maximum absolute atomic E-state index is 5.72. The van der Waals surface area contributed by atoms with Crippen LogP contribution in [0.2, 0.25) is 0 Å². The van der Waals surface area contributed by atoms with Gasteiger partial charge in [-0.15, -0.1) is 0 Å². The molecule has 0 saturated heterocycles. The fraction of sp³-hybridized carbons (Fsp3) is 0.250. The van der Waals surface area contributed by atoms with Gasteiger partial charge < -0.3 is 18.8 Å². The van der Waals surface area contributed by atoms with Gasteiger partial charge in [0.05, 0.1) is 0 Å². The Labute approximate surface area is 138 Å². The van der Waals surface area contributed by atoms with E-state index in [0.717, 1.165) is 15.5 Å². The first-order chi connectivity index (χ1) is 11.2. The molecule has 0 unspecified atom stereocenters. The summed E-state index contributed by atoms with van der Waals surface area (Å²) in [5, 5.41) is 0.960. The summed E-state index contributed by atoms with van der Waals surface area (Å²) in [7, 11) is 5.52. The van der Waals surface area contributed by atoms with Crippen LogP contribution in [0.4, 0.5) is 5.13 Å². The molecule has 0 amide bonds. The van der Waals surface area contributed by atoms with E-state index < -0.39 is 0 Å². The first-order valence-corrected chi connectivity index (χ1v) is 7.81. The molecule has 7 heteroatoms. The molecule has 0 bridgehead atoms. The van der Waals surface area contributed by atoms with Crippen LogP contribution in [0.25, 0.3) is 23.3 Å². The van der Waals surface area contributed by atoms with E-state index in [1.807, 2.05) is 49.5 Å². The Morgan fingerprint density at radius 3 is 2.91 bits per heavy atom. The summed E-state index contributed by atoms with van der Waals surface area (Å²) in [5.41, 5.74) is 1.46. The maximum Gasteiger partial charge on any atom is 0.220 e. The molecule has 23 heavy (non-hydrogen) atoms. The lowest BCUT2D eigenvalue weighted by molar-refractivity contribution is 0.0512. The highest BCUT2D eigenvalue weighted by molar-refractivity contribution is 7.16. The highest BCUT2D eigenvalue weighted by atomic mass is 32.1. The average Bonchev–Trinajstić information content (AvgIpc) is 3.16. The van der Waals surface area contributed by atoms with Crippen LogP contribution in [-0.2, 0) is 4.74 Å². The monoisotopic (exact) mass is 331 g/mol.